The molecule has 0 bridgehead atoms. The summed E-state index contributed by atoms with van der Waals surface area (Å²) in [5.41, 5.74) is 20.6. The maximum Gasteiger partial charge on any atom is 0.322 e. The number of aliphatic hydroxyl groups is 1. The molecule has 1 saturated heterocycles. The molecule has 2 aliphatic rings. The Kier molecular flexibility index (Phi) is 21.8. The standard InChI is InChI=1S/C47H70N10O12/c1-26(2)11-8-12-27(3)13-9-14-28(4)20-21-47-24-35(42(67)55-34(23-37(61)62)40(65)52-25-38(63)64)57(45(47)56-31-16-7-6-15-30(31)47)44(69)33(18-19-36(59)60)54-41(66)32(17-10-22-51-46(49)50)53-43(68)39(48)29(5)58/h6-7,11,13,15-16,20,29,32-35,39,45,56,58H,8-10,12,14,17-19,21-25,48H2,1-5H3,(H,52,65)(H,53,68)(H,54,66)(H,55,67)(H,59,60)(H,61,62)(H,63,64)(H4,49,50,51)/b27-13+,28-20+/t29-,32+,33+,34+,35+,39+,45-,47-/m1/s1. The van der Waals surface area contributed by atoms with Crippen molar-refractivity contribution < 1.29 is 58.8 Å². The van der Waals surface area contributed by atoms with Gasteiger partial charge < -0.3 is 69.1 Å². The summed E-state index contributed by atoms with van der Waals surface area (Å²) in [5, 5.41) is 51.6. The SMILES string of the molecule is CC(C)=CCC/C(C)=C/CC/C(C)=C/C[C@]12C[C@@H](C(=O)N[C@@H](CC(=O)O)C(=O)NCC(=O)O)N(C(=O)[C@H](CCC(=O)O)NC(=O)[C@H](CCCN=C(N)N)NC(=O)[C@@H](N)[C@@H](C)O)[C@H]1Nc1ccccc12. The molecule has 22 nitrogen and oxygen atoms in total. The van der Waals surface area contributed by atoms with Crippen LogP contribution in [0.15, 0.2) is 64.2 Å². The fraction of sp³-hybridized carbons (Fsp3) is 0.553. The van der Waals surface area contributed by atoms with Crippen LogP contribution in [0.1, 0.15) is 111 Å². The van der Waals surface area contributed by atoms with Crippen molar-refractivity contribution in [2.45, 2.75) is 153 Å². The van der Waals surface area contributed by atoms with Crippen molar-refractivity contribution in [1.29, 1.82) is 0 Å². The molecule has 5 amide bonds. The molecule has 2 aliphatic heterocycles. The molecule has 1 aromatic carbocycles. The number of guanidine groups is 1. The minimum atomic E-state index is -1.79. The number of aliphatic hydroxyl groups excluding tert-OH is 1. The van der Waals surface area contributed by atoms with Gasteiger partial charge in [-0.15, -0.1) is 0 Å². The van der Waals surface area contributed by atoms with E-state index in [1.807, 2.05) is 19.1 Å². The van der Waals surface area contributed by atoms with Crippen molar-refractivity contribution in [2.75, 3.05) is 18.4 Å². The lowest BCUT2D eigenvalue weighted by molar-refractivity contribution is -0.146. The second-order valence-electron chi connectivity index (χ2n) is 17.9. The Morgan fingerprint density at radius 2 is 1.45 bits per heavy atom. The molecule has 0 unspecified atom stereocenters. The topological polar surface area (TPSA) is 371 Å². The predicted octanol–water partition coefficient (Wildman–Crippen LogP) is 0.843. The van der Waals surface area contributed by atoms with Crippen LogP contribution in [0.2, 0.25) is 0 Å². The van der Waals surface area contributed by atoms with Crippen LogP contribution in [0.25, 0.3) is 0 Å². The average Bonchev–Trinajstić information content (AvgIpc) is 3.76. The van der Waals surface area contributed by atoms with Gasteiger partial charge in [0.05, 0.1) is 12.5 Å². The van der Waals surface area contributed by atoms with E-state index in [1.54, 1.807) is 18.2 Å². The van der Waals surface area contributed by atoms with E-state index < -0.39 is 121 Å². The number of nitrogens with zero attached hydrogens (tertiary/aromatic N) is 2. The predicted molar refractivity (Wildman–Crippen MR) is 256 cm³/mol. The van der Waals surface area contributed by atoms with Gasteiger partial charge in [0.25, 0.3) is 0 Å². The Morgan fingerprint density at radius 3 is 2.06 bits per heavy atom. The number of carboxylic acid groups (broad SMARTS) is 3. The van der Waals surface area contributed by atoms with Gasteiger partial charge in [0.2, 0.25) is 29.5 Å². The van der Waals surface area contributed by atoms with Gasteiger partial charge in [0, 0.05) is 24.1 Å². The average molecular weight is 967 g/mol. The maximum absolute atomic E-state index is 15.3. The molecule has 380 valence electrons. The molecule has 0 aromatic heterocycles. The number of nitrogens with one attached hydrogen (secondary N) is 5. The van der Waals surface area contributed by atoms with Gasteiger partial charge in [0.15, 0.2) is 5.96 Å². The number of carboxylic acids is 3. The van der Waals surface area contributed by atoms with Crippen LogP contribution in [0, 0.1) is 0 Å². The first-order valence-corrected chi connectivity index (χ1v) is 22.9. The number of carbonyl (C=O) groups is 8. The zero-order valence-electron chi connectivity index (χ0n) is 40.0. The van der Waals surface area contributed by atoms with Crippen molar-refractivity contribution in [1.82, 2.24) is 26.2 Å². The molecule has 0 spiro atoms. The van der Waals surface area contributed by atoms with Crippen LogP contribution in [0.4, 0.5) is 5.69 Å². The number of para-hydroxylation sites is 1. The van der Waals surface area contributed by atoms with E-state index in [0.717, 1.165) is 30.4 Å². The maximum atomic E-state index is 15.3. The van der Waals surface area contributed by atoms with E-state index in [9.17, 15) is 54.0 Å². The van der Waals surface area contributed by atoms with Gasteiger partial charge in [-0.05, 0) is 104 Å². The van der Waals surface area contributed by atoms with Gasteiger partial charge in [-0.2, -0.15) is 0 Å². The van der Waals surface area contributed by atoms with Crippen molar-refractivity contribution in [3.05, 3.63) is 64.8 Å². The minimum Gasteiger partial charge on any atom is -0.481 e. The zero-order chi connectivity index (χ0) is 51.6. The summed E-state index contributed by atoms with van der Waals surface area (Å²) in [7, 11) is 0. The first-order chi connectivity index (χ1) is 32.5. The Bertz CT molecular complexity index is 2170. The summed E-state index contributed by atoms with van der Waals surface area (Å²) in [4.78, 5) is 111. The molecule has 22 heteroatoms. The van der Waals surface area contributed by atoms with E-state index in [2.05, 4.69) is 64.5 Å². The van der Waals surface area contributed by atoms with Gasteiger partial charge >= 0.3 is 17.9 Å². The number of amides is 5. The fourth-order valence-electron chi connectivity index (χ4n) is 8.33. The van der Waals surface area contributed by atoms with Gasteiger partial charge in [-0.3, -0.25) is 43.3 Å². The fourth-order valence-corrected chi connectivity index (χ4v) is 8.33. The molecule has 8 atom stereocenters. The third-order valence-electron chi connectivity index (χ3n) is 12.0. The summed E-state index contributed by atoms with van der Waals surface area (Å²) in [6.45, 7) is 8.58. The first kappa shape index (κ1) is 56.5. The van der Waals surface area contributed by atoms with Crippen molar-refractivity contribution in [2.24, 2.45) is 22.2 Å². The first-order valence-electron chi connectivity index (χ1n) is 22.9. The number of hydrogen-bond donors (Lipinski definition) is 12. The second-order valence-corrected chi connectivity index (χ2v) is 17.9. The number of carbonyl (C=O) groups excluding carboxylic acids is 5. The molecule has 1 aromatic rings. The highest BCUT2D eigenvalue weighted by molar-refractivity contribution is 5.98. The molecular weight excluding hydrogens is 897 g/mol. The van der Waals surface area contributed by atoms with Crippen LogP contribution in [0.5, 0.6) is 0 Å². The number of aliphatic carboxylic acids is 3. The lowest BCUT2D eigenvalue weighted by atomic mass is 9.74. The summed E-state index contributed by atoms with van der Waals surface area (Å²) in [5.74, 6) is -9.37. The molecule has 69 heavy (non-hydrogen) atoms. The molecule has 15 N–H and O–H groups in total. The van der Waals surface area contributed by atoms with Crippen LogP contribution in [-0.2, 0) is 43.8 Å². The van der Waals surface area contributed by atoms with E-state index in [0.29, 0.717) is 12.1 Å². The molecule has 0 radical (unpaired) electrons. The zero-order valence-corrected chi connectivity index (χ0v) is 40.0. The van der Waals surface area contributed by atoms with Crippen LogP contribution < -0.4 is 43.8 Å². The summed E-state index contributed by atoms with van der Waals surface area (Å²) in [6.07, 6.45) is 5.42. The molecule has 0 aliphatic carbocycles. The van der Waals surface area contributed by atoms with Gasteiger partial charge in [0.1, 0.15) is 42.9 Å². The number of anilines is 1. The van der Waals surface area contributed by atoms with E-state index in [-0.39, 0.29) is 38.2 Å². The number of benzene rings is 1. The van der Waals surface area contributed by atoms with Crippen LogP contribution in [-0.4, -0.2) is 134 Å². The summed E-state index contributed by atoms with van der Waals surface area (Å²) >= 11 is 0. The molecule has 1 fully saturated rings. The Balaban J connectivity index is 2.16. The van der Waals surface area contributed by atoms with Crippen molar-refractivity contribution in [3.8, 4) is 0 Å². The second kappa shape index (κ2) is 26.7. The van der Waals surface area contributed by atoms with Crippen molar-refractivity contribution >= 4 is 59.1 Å². The van der Waals surface area contributed by atoms with Gasteiger partial charge in [-0.25, -0.2) is 0 Å². The third kappa shape index (κ3) is 17.0. The Morgan fingerprint density at radius 1 is 0.812 bits per heavy atom. The monoisotopic (exact) mass is 967 g/mol. The molecule has 0 saturated carbocycles. The number of rotatable bonds is 28. The number of likely N-dealkylation sites (tertiary alicyclic amines) is 1. The highest BCUT2D eigenvalue weighted by Gasteiger charge is 2.61. The van der Waals surface area contributed by atoms with Crippen LogP contribution in [0.3, 0.4) is 0 Å². The number of hydrogen-bond acceptors (Lipinski definition) is 12. The number of allylic oxidation sites excluding steroid dienone is 6. The minimum absolute atomic E-state index is 0.0322. The molecular formula is C47H70N10O12. The van der Waals surface area contributed by atoms with E-state index >= 15 is 4.79 Å². The third-order valence-corrected chi connectivity index (χ3v) is 12.0. The molecule has 3 rings (SSSR count). The summed E-state index contributed by atoms with van der Waals surface area (Å²) in [6, 6.07) is -0.606. The lowest BCUT2D eigenvalue weighted by Gasteiger charge is -2.36. The van der Waals surface area contributed by atoms with E-state index in [4.69, 9.17) is 17.2 Å². The highest BCUT2D eigenvalue weighted by atomic mass is 16.4. The quantitative estimate of drug-likeness (QED) is 0.0240. The van der Waals surface area contributed by atoms with Crippen molar-refractivity contribution in [3.63, 3.8) is 0 Å². The number of fused-ring (bicyclic) bond motifs is 3. The molecule has 2 heterocycles. The normalized spacial score (nSPS) is 19.5. The largest absolute Gasteiger partial charge is 0.481 e. The van der Waals surface area contributed by atoms with Gasteiger partial charge in [-0.1, -0.05) is 53.1 Å². The number of nitrogens with two attached hydrogens (primary N) is 3. The number of aliphatic imine (C=N–C) groups is 1. The van der Waals surface area contributed by atoms with E-state index in [1.165, 1.54) is 23.0 Å². The smallest absolute Gasteiger partial charge is 0.322 e. The summed E-state index contributed by atoms with van der Waals surface area (Å²) < 4.78 is 0. The highest BCUT2D eigenvalue weighted by Crippen LogP contribution is 2.53. The Hall–Kier alpha value is -6.81. The lowest BCUT2D eigenvalue weighted by Crippen LogP contribution is -2.61. The van der Waals surface area contributed by atoms with Crippen LogP contribution >= 0.6 is 0 Å². The Labute approximate surface area is 401 Å².